The first-order chi connectivity index (χ1) is 16.0. The molecule has 0 aromatic heterocycles. The fourth-order valence-corrected chi connectivity index (χ4v) is 5.31. The number of benzene rings is 2. The molecule has 0 saturated heterocycles. The van der Waals surface area contributed by atoms with Crippen molar-refractivity contribution in [2.24, 2.45) is 0 Å². The van der Waals surface area contributed by atoms with Gasteiger partial charge < -0.3 is 2.85 Å². The summed E-state index contributed by atoms with van der Waals surface area (Å²) in [6, 6.07) is 14.6. The monoisotopic (exact) mass is 498 g/mol. The zero-order valence-corrected chi connectivity index (χ0v) is 23.5. The molecule has 188 valence electrons. The van der Waals surface area contributed by atoms with E-state index in [2.05, 4.69) is 13.0 Å². The molecule has 2 rings (SSSR count). The molecule has 1 N–H and O–H groups in total. The van der Waals surface area contributed by atoms with Crippen LogP contribution in [0.5, 0.6) is 0 Å². The van der Waals surface area contributed by atoms with Gasteiger partial charge in [0, 0.05) is 5.56 Å². The molecule has 0 fully saturated rings. The van der Waals surface area contributed by atoms with Crippen LogP contribution in [-0.2, 0) is 16.5 Å². The van der Waals surface area contributed by atoms with Crippen LogP contribution in [0.4, 0.5) is 0 Å². The van der Waals surface area contributed by atoms with Crippen LogP contribution in [0.2, 0.25) is 0 Å². The molecular weight excluding hydrogens is 453 g/mol. The second-order valence-corrected chi connectivity index (χ2v) is 10.7. The smallest absolute Gasteiger partial charge is 1.00 e. The van der Waals surface area contributed by atoms with Crippen LogP contribution in [0, 0.1) is 0 Å². The van der Waals surface area contributed by atoms with Gasteiger partial charge in [-0.3, -0.25) is 4.55 Å². The summed E-state index contributed by atoms with van der Waals surface area (Å²) in [4.78, 5) is -0.0195. The first kappa shape index (κ1) is 31.1. The van der Waals surface area contributed by atoms with Crippen LogP contribution in [0.3, 0.4) is 0 Å². The van der Waals surface area contributed by atoms with Crippen molar-refractivity contribution in [2.45, 2.75) is 115 Å². The van der Waals surface area contributed by atoms with E-state index in [9.17, 15) is 13.0 Å². The Bertz CT molecular complexity index is 907. The first-order valence-corrected chi connectivity index (χ1v) is 14.6. The van der Waals surface area contributed by atoms with E-state index in [0.717, 1.165) is 24.0 Å². The molecule has 5 heteroatoms. The Kier molecular flexibility index (Phi) is 16.9. The third-order valence-electron chi connectivity index (χ3n) is 6.52. The fraction of sp³-hybridized carbons (Fsp3) is 0.586. The van der Waals surface area contributed by atoms with Gasteiger partial charge in [-0.1, -0.05) is 139 Å². The quantitative estimate of drug-likeness (QED) is 0.127. The van der Waals surface area contributed by atoms with Crippen molar-refractivity contribution in [1.82, 2.24) is 0 Å². The largest absolute Gasteiger partial charge is 2.00 e. The SMILES string of the molecule is CCCCCCCCCCCCCCCCCc1ccccc1-c1ccccc1S(=O)(=O)O.[H-].[H-].[Mg+2]. The Hall–Kier alpha value is -0.884. The van der Waals surface area contributed by atoms with Crippen molar-refractivity contribution in [1.29, 1.82) is 0 Å². The maximum Gasteiger partial charge on any atom is 2.00 e. The van der Waals surface area contributed by atoms with Gasteiger partial charge in [0.05, 0.1) is 0 Å². The maximum absolute atomic E-state index is 11.8. The summed E-state index contributed by atoms with van der Waals surface area (Å²) in [7, 11) is -4.25. The van der Waals surface area contributed by atoms with Gasteiger partial charge in [0.25, 0.3) is 10.1 Å². The standard InChI is InChI=1S/C29H44O3S.Mg.2H/c1-2-3-4-5-6-7-8-9-10-11-12-13-14-15-16-21-26-22-17-18-23-27(26)28-24-19-20-25-29(28)33(30,31)32;;;/h17-20,22-25H,2-16,21H2,1H3,(H,30,31,32);;;/q;+2;2*-1. The molecule has 0 saturated carbocycles. The van der Waals surface area contributed by atoms with Crippen molar-refractivity contribution in [3.05, 3.63) is 54.1 Å². The van der Waals surface area contributed by atoms with Gasteiger partial charge in [0.1, 0.15) is 4.90 Å². The van der Waals surface area contributed by atoms with Crippen LogP contribution < -0.4 is 0 Å². The van der Waals surface area contributed by atoms with Gasteiger partial charge in [0.15, 0.2) is 0 Å². The molecule has 0 amide bonds. The zero-order valence-electron chi connectivity index (χ0n) is 23.3. The van der Waals surface area contributed by atoms with E-state index in [1.54, 1.807) is 12.1 Å². The predicted molar refractivity (Wildman–Crippen MR) is 148 cm³/mol. The van der Waals surface area contributed by atoms with Gasteiger partial charge in [-0.25, -0.2) is 0 Å². The maximum atomic E-state index is 11.8. The molecule has 0 aliphatic rings. The third-order valence-corrected chi connectivity index (χ3v) is 7.43. The van der Waals surface area contributed by atoms with Crippen LogP contribution >= 0.6 is 0 Å². The molecule has 0 spiro atoms. The molecule has 0 heterocycles. The minimum absolute atomic E-state index is 0. The second kappa shape index (κ2) is 18.4. The summed E-state index contributed by atoms with van der Waals surface area (Å²) < 4.78 is 33.2. The Morgan fingerprint density at radius 1 is 0.618 bits per heavy atom. The molecule has 0 aliphatic carbocycles. The summed E-state index contributed by atoms with van der Waals surface area (Å²) in [5.41, 5.74) is 2.62. The van der Waals surface area contributed by atoms with Crippen LogP contribution in [-0.4, -0.2) is 36.0 Å². The molecule has 3 nitrogen and oxygen atoms in total. The van der Waals surface area contributed by atoms with Gasteiger partial charge in [-0.15, -0.1) is 0 Å². The topological polar surface area (TPSA) is 54.4 Å². The minimum Gasteiger partial charge on any atom is -1.00 e. The van der Waals surface area contributed by atoms with E-state index in [-0.39, 0.29) is 30.8 Å². The summed E-state index contributed by atoms with van der Waals surface area (Å²) in [6.07, 6.45) is 21.1. The van der Waals surface area contributed by atoms with E-state index >= 15 is 0 Å². The summed E-state index contributed by atoms with van der Waals surface area (Å²) in [6.45, 7) is 2.27. The van der Waals surface area contributed by atoms with Gasteiger partial charge in [-0.2, -0.15) is 8.42 Å². The van der Waals surface area contributed by atoms with Gasteiger partial charge in [0.2, 0.25) is 0 Å². The number of hydrogen-bond donors (Lipinski definition) is 1. The number of aryl methyl sites for hydroxylation is 1. The Labute approximate surface area is 228 Å². The Balaban J connectivity index is 0. The summed E-state index contributed by atoms with van der Waals surface area (Å²) in [5.74, 6) is 0. The van der Waals surface area contributed by atoms with Crippen LogP contribution in [0.15, 0.2) is 53.4 Å². The molecule has 0 unspecified atom stereocenters. The van der Waals surface area contributed by atoms with Crippen molar-refractivity contribution >= 4 is 33.2 Å². The number of unbranched alkanes of at least 4 members (excludes halogenated alkanes) is 14. The predicted octanol–water partition coefficient (Wildman–Crippen LogP) is 8.86. The van der Waals surface area contributed by atoms with Crippen LogP contribution in [0.25, 0.3) is 11.1 Å². The van der Waals surface area contributed by atoms with E-state index in [4.69, 9.17) is 0 Å². The average molecular weight is 499 g/mol. The van der Waals surface area contributed by atoms with E-state index in [1.165, 1.54) is 96.0 Å². The van der Waals surface area contributed by atoms with Crippen molar-refractivity contribution in [3.8, 4) is 11.1 Å². The third kappa shape index (κ3) is 12.2. The molecule has 0 bridgehead atoms. The molecular formula is C29H46MgO3S. The summed E-state index contributed by atoms with van der Waals surface area (Å²) >= 11 is 0. The Morgan fingerprint density at radius 2 is 1.03 bits per heavy atom. The van der Waals surface area contributed by atoms with E-state index in [1.807, 2.05) is 24.3 Å². The molecule has 0 radical (unpaired) electrons. The molecule has 0 aliphatic heterocycles. The Morgan fingerprint density at radius 3 is 1.53 bits per heavy atom. The van der Waals surface area contributed by atoms with Crippen molar-refractivity contribution in [3.63, 3.8) is 0 Å². The zero-order chi connectivity index (χ0) is 23.8. The fourth-order valence-electron chi connectivity index (χ4n) is 4.60. The molecule has 2 aromatic carbocycles. The van der Waals surface area contributed by atoms with Gasteiger partial charge in [-0.05, 0) is 30.0 Å². The number of hydrogen-bond acceptors (Lipinski definition) is 2. The summed E-state index contributed by atoms with van der Waals surface area (Å²) in [5, 5.41) is 0. The van der Waals surface area contributed by atoms with E-state index < -0.39 is 10.1 Å². The number of rotatable bonds is 18. The average Bonchev–Trinajstić information content (AvgIpc) is 2.81. The molecule has 2 aromatic rings. The first-order valence-electron chi connectivity index (χ1n) is 13.2. The van der Waals surface area contributed by atoms with Crippen LogP contribution in [0.1, 0.15) is 112 Å². The van der Waals surface area contributed by atoms with E-state index in [0.29, 0.717) is 5.56 Å². The molecule has 34 heavy (non-hydrogen) atoms. The van der Waals surface area contributed by atoms with Gasteiger partial charge >= 0.3 is 23.1 Å². The minimum atomic E-state index is -4.25. The van der Waals surface area contributed by atoms with Crippen molar-refractivity contribution < 1.29 is 15.8 Å². The normalized spacial score (nSPS) is 11.4. The second-order valence-electron chi connectivity index (χ2n) is 9.33. The van der Waals surface area contributed by atoms with Crippen molar-refractivity contribution in [2.75, 3.05) is 0 Å². The molecule has 0 atom stereocenters.